The zero-order chi connectivity index (χ0) is 25.5. The Bertz CT molecular complexity index is 1200. The van der Waals surface area contributed by atoms with Gasteiger partial charge in [0, 0.05) is 29.7 Å². The van der Waals surface area contributed by atoms with Crippen LogP contribution in [0.4, 0.5) is 0 Å². The fourth-order valence-corrected chi connectivity index (χ4v) is 4.52. The minimum Gasteiger partial charge on any atom is -0.461 e. The van der Waals surface area contributed by atoms with Gasteiger partial charge >= 0.3 is 5.97 Å². The topological polar surface area (TPSA) is 112 Å². The van der Waals surface area contributed by atoms with Crippen LogP contribution in [0.25, 0.3) is 10.9 Å². The number of rotatable bonds is 10. The summed E-state index contributed by atoms with van der Waals surface area (Å²) < 4.78 is 5.26. The van der Waals surface area contributed by atoms with Gasteiger partial charge in [0.15, 0.2) is 0 Å². The lowest BCUT2D eigenvalue weighted by atomic mass is 9.97. The molecule has 2 aromatic carbocycles. The van der Waals surface area contributed by atoms with Crippen LogP contribution in [-0.2, 0) is 38.7 Å². The maximum Gasteiger partial charge on any atom is 0.307 e. The molecule has 1 aromatic heterocycles. The van der Waals surface area contributed by atoms with E-state index in [4.69, 9.17) is 4.74 Å². The van der Waals surface area contributed by atoms with Gasteiger partial charge < -0.3 is 20.4 Å². The number of para-hydroxylation sites is 1. The first-order valence-electron chi connectivity index (χ1n) is 12.5. The van der Waals surface area contributed by atoms with Gasteiger partial charge in [0.2, 0.25) is 11.8 Å². The van der Waals surface area contributed by atoms with Crippen molar-refractivity contribution in [3.63, 3.8) is 0 Å². The van der Waals surface area contributed by atoms with E-state index in [9.17, 15) is 14.4 Å². The number of aromatic amines is 1. The molecule has 3 aromatic rings. The summed E-state index contributed by atoms with van der Waals surface area (Å²) in [4.78, 5) is 41.5. The molecule has 2 heterocycles. The lowest BCUT2D eigenvalue weighted by Crippen LogP contribution is -2.54. The molecule has 0 fully saturated rings. The maximum absolute atomic E-state index is 13.1. The van der Waals surface area contributed by atoms with Crippen molar-refractivity contribution in [1.82, 2.24) is 20.9 Å². The highest BCUT2D eigenvalue weighted by Gasteiger charge is 2.30. The third-order valence-corrected chi connectivity index (χ3v) is 6.36. The molecule has 0 spiro atoms. The molecular weight excluding hydrogens is 456 g/mol. The van der Waals surface area contributed by atoms with E-state index in [1.54, 1.807) is 0 Å². The molecular formula is C28H34N4O4. The fraction of sp³-hybridized carbons (Fsp3) is 0.393. The third kappa shape index (κ3) is 6.51. The number of benzene rings is 2. The van der Waals surface area contributed by atoms with Crippen LogP contribution >= 0.6 is 0 Å². The molecule has 0 unspecified atom stereocenters. The Labute approximate surface area is 211 Å². The second-order valence-electron chi connectivity index (χ2n) is 9.64. The maximum atomic E-state index is 13.1. The van der Waals surface area contributed by atoms with Crippen LogP contribution < -0.4 is 16.0 Å². The summed E-state index contributed by atoms with van der Waals surface area (Å²) in [6, 6.07) is 16.4. The molecule has 0 saturated heterocycles. The van der Waals surface area contributed by atoms with Crippen molar-refractivity contribution in [3.8, 4) is 0 Å². The van der Waals surface area contributed by atoms with Gasteiger partial charge in [0.25, 0.3) is 0 Å². The van der Waals surface area contributed by atoms with Crippen molar-refractivity contribution < 1.29 is 19.1 Å². The van der Waals surface area contributed by atoms with Crippen LogP contribution in [0, 0.1) is 5.92 Å². The van der Waals surface area contributed by atoms with Crippen molar-refractivity contribution in [2.45, 2.75) is 58.3 Å². The molecule has 8 nitrogen and oxygen atoms in total. The molecule has 0 aliphatic carbocycles. The Hall–Kier alpha value is -3.65. The summed E-state index contributed by atoms with van der Waals surface area (Å²) in [5.74, 6) is -0.675. The number of hydrogen-bond acceptors (Lipinski definition) is 5. The van der Waals surface area contributed by atoms with E-state index < -0.39 is 12.1 Å². The van der Waals surface area contributed by atoms with E-state index in [1.165, 1.54) is 0 Å². The van der Waals surface area contributed by atoms with E-state index in [2.05, 4.69) is 27.0 Å². The number of esters is 1. The highest BCUT2D eigenvalue weighted by atomic mass is 16.5. The molecule has 190 valence electrons. The summed E-state index contributed by atoms with van der Waals surface area (Å²) in [6.07, 6.45) is 1.12. The Balaban J connectivity index is 1.28. The van der Waals surface area contributed by atoms with Gasteiger partial charge in [-0.15, -0.1) is 0 Å². The molecule has 8 heteroatoms. The van der Waals surface area contributed by atoms with E-state index >= 15 is 0 Å². The number of ether oxygens (including phenoxy) is 1. The molecule has 4 rings (SSSR count). The minimum atomic E-state index is -0.677. The Morgan fingerprint density at radius 1 is 1.06 bits per heavy atom. The van der Waals surface area contributed by atoms with Gasteiger partial charge in [-0.1, -0.05) is 62.4 Å². The van der Waals surface area contributed by atoms with E-state index in [-0.39, 0.29) is 43.3 Å². The van der Waals surface area contributed by atoms with Crippen LogP contribution in [0.1, 0.15) is 43.5 Å². The zero-order valence-corrected chi connectivity index (χ0v) is 20.8. The minimum absolute atomic E-state index is 0.0639. The van der Waals surface area contributed by atoms with Crippen LogP contribution in [0.15, 0.2) is 54.6 Å². The second-order valence-corrected chi connectivity index (χ2v) is 9.64. The molecule has 0 saturated carbocycles. The van der Waals surface area contributed by atoms with Crippen molar-refractivity contribution in [3.05, 3.63) is 71.4 Å². The van der Waals surface area contributed by atoms with E-state index in [0.29, 0.717) is 19.4 Å². The lowest BCUT2D eigenvalue weighted by molar-refractivity contribution is -0.145. The summed E-state index contributed by atoms with van der Waals surface area (Å²) in [5.41, 5.74) is 4.20. The fourth-order valence-electron chi connectivity index (χ4n) is 4.52. The SMILES string of the molecule is CC(C)C[C@H](NC(=O)[C@H]1Cc2c([nH]c3ccccc23)CN1)C(=O)NCCC(=O)OCc1ccccc1. The molecule has 2 atom stereocenters. The quantitative estimate of drug-likeness (QED) is 0.327. The van der Waals surface area contributed by atoms with Gasteiger partial charge in [-0.2, -0.15) is 0 Å². The Kier molecular flexibility index (Phi) is 8.38. The number of amides is 2. The number of H-pyrrole nitrogens is 1. The number of carbonyl (C=O) groups is 3. The second kappa shape index (κ2) is 11.9. The van der Waals surface area contributed by atoms with Crippen molar-refractivity contribution >= 4 is 28.7 Å². The monoisotopic (exact) mass is 490 g/mol. The van der Waals surface area contributed by atoms with Gasteiger partial charge in [-0.3, -0.25) is 19.7 Å². The number of carbonyl (C=O) groups excluding carboxylic acids is 3. The molecule has 36 heavy (non-hydrogen) atoms. The van der Waals surface area contributed by atoms with Crippen molar-refractivity contribution in [2.75, 3.05) is 6.54 Å². The predicted molar refractivity (Wildman–Crippen MR) is 138 cm³/mol. The molecule has 2 amide bonds. The van der Waals surface area contributed by atoms with E-state index in [1.807, 2.05) is 62.4 Å². The average Bonchev–Trinajstić information content (AvgIpc) is 3.25. The smallest absolute Gasteiger partial charge is 0.307 e. The molecule has 1 aliphatic heterocycles. The first kappa shape index (κ1) is 25.4. The zero-order valence-electron chi connectivity index (χ0n) is 20.8. The van der Waals surface area contributed by atoms with Gasteiger partial charge in [-0.05, 0) is 36.0 Å². The predicted octanol–water partition coefficient (Wildman–Crippen LogP) is 2.96. The highest BCUT2D eigenvalue weighted by Crippen LogP contribution is 2.26. The summed E-state index contributed by atoms with van der Waals surface area (Å²) in [5, 5.41) is 10.1. The number of nitrogens with one attached hydrogen (secondary N) is 4. The van der Waals surface area contributed by atoms with Crippen molar-refractivity contribution in [2.24, 2.45) is 5.92 Å². The normalized spacial score (nSPS) is 15.8. The van der Waals surface area contributed by atoms with Gasteiger partial charge in [0.05, 0.1) is 12.5 Å². The average molecular weight is 491 g/mol. The largest absolute Gasteiger partial charge is 0.461 e. The number of aromatic nitrogens is 1. The van der Waals surface area contributed by atoms with Crippen LogP contribution in [-0.4, -0.2) is 41.4 Å². The standard InChI is InChI=1S/C28H34N4O4/c1-18(2)14-24(27(34)29-13-12-26(33)36-17-19-8-4-3-5-9-19)32-28(35)23-15-21-20-10-6-7-11-22(20)31-25(21)16-30-23/h3-11,18,23-24,30-31H,12-17H2,1-2H3,(H,29,34)(H,32,35)/t23-,24+/m1/s1. The molecule has 0 radical (unpaired) electrons. The van der Waals surface area contributed by atoms with Crippen LogP contribution in [0.2, 0.25) is 0 Å². The molecule has 0 bridgehead atoms. The summed E-state index contributed by atoms with van der Waals surface area (Å²) in [6.45, 7) is 4.92. The van der Waals surface area contributed by atoms with Gasteiger partial charge in [-0.25, -0.2) is 0 Å². The van der Waals surface area contributed by atoms with Crippen LogP contribution in [0.5, 0.6) is 0 Å². The number of fused-ring (bicyclic) bond motifs is 3. The highest BCUT2D eigenvalue weighted by molar-refractivity contribution is 5.91. The van der Waals surface area contributed by atoms with Crippen molar-refractivity contribution in [1.29, 1.82) is 0 Å². The van der Waals surface area contributed by atoms with Crippen LogP contribution in [0.3, 0.4) is 0 Å². The Morgan fingerprint density at radius 3 is 2.58 bits per heavy atom. The van der Waals surface area contributed by atoms with Gasteiger partial charge in [0.1, 0.15) is 12.6 Å². The number of hydrogen-bond donors (Lipinski definition) is 4. The summed E-state index contributed by atoms with van der Waals surface area (Å²) >= 11 is 0. The molecule has 4 N–H and O–H groups in total. The third-order valence-electron chi connectivity index (χ3n) is 6.36. The molecule has 1 aliphatic rings. The van der Waals surface area contributed by atoms with E-state index in [0.717, 1.165) is 27.7 Å². The summed E-state index contributed by atoms with van der Waals surface area (Å²) in [7, 11) is 0. The first-order chi connectivity index (χ1) is 17.4. The first-order valence-corrected chi connectivity index (χ1v) is 12.5. The Morgan fingerprint density at radius 2 is 1.81 bits per heavy atom. The lowest BCUT2D eigenvalue weighted by Gasteiger charge is -2.26.